The van der Waals surface area contributed by atoms with E-state index in [1.54, 1.807) is 0 Å². The lowest BCUT2D eigenvalue weighted by molar-refractivity contribution is -0.132. The minimum absolute atomic E-state index is 0.0384. The summed E-state index contributed by atoms with van der Waals surface area (Å²) in [5, 5.41) is 3.60. The maximum Gasteiger partial charge on any atom is 0.244 e. The average molecular weight is 258 g/mol. The Kier molecular flexibility index (Phi) is 3.09. The van der Waals surface area contributed by atoms with Crippen LogP contribution in [0.5, 0.6) is 0 Å². The number of hydrogen-bond donors (Lipinski definition) is 1. The summed E-state index contributed by atoms with van der Waals surface area (Å²) in [5.41, 5.74) is 2.26. The topological polar surface area (TPSA) is 32.3 Å². The van der Waals surface area contributed by atoms with Crippen molar-refractivity contribution in [1.82, 2.24) is 10.2 Å². The highest BCUT2D eigenvalue weighted by Gasteiger charge is 2.51. The highest BCUT2D eigenvalue weighted by Crippen LogP contribution is 2.39. The second-order valence-corrected chi connectivity index (χ2v) is 5.85. The van der Waals surface area contributed by atoms with E-state index in [1.165, 1.54) is 11.1 Å². The van der Waals surface area contributed by atoms with Crippen molar-refractivity contribution >= 4 is 5.91 Å². The SMILES string of the molecule is CCc1ccc(C2NC3(CCCC3)C(=O)N2C)cc1. The number of rotatable bonds is 2. The Morgan fingerprint density at radius 2 is 1.89 bits per heavy atom. The first kappa shape index (κ1) is 12.7. The van der Waals surface area contributed by atoms with Gasteiger partial charge in [0.1, 0.15) is 6.17 Å². The van der Waals surface area contributed by atoms with Gasteiger partial charge in [-0.05, 0) is 30.4 Å². The number of aryl methyl sites for hydroxylation is 1. The van der Waals surface area contributed by atoms with E-state index in [1.807, 2.05) is 11.9 Å². The van der Waals surface area contributed by atoms with Crippen molar-refractivity contribution in [2.24, 2.45) is 0 Å². The van der Waals surface area contributed by atoms with Crippen LogP contribution in [0.4, 0.5) is 0 Å². The van der Waals surface area contributed by atoms with Gasteiger partial charge in [-0.3, -0.25) is 10.1 Å². The van der Waals surface area contributed by atoms with E-state index in [-0.39, 0.29) is 17.6 Å². The van der Waals surface area contributed by atoms with Crippen LogP contribution in [0.1, 0.15) is 49.9 Å². The minimum Gasteiger partial charge on any atom is -0.324 e. The molecule has 1 saturated carbocycles. The van der Waals surface area contributed by atoms with Crippen molar-refractivity contribution in [1.29, 1.82) is 0 Å². The number of benzene rings is 1. The molecule has 1 spiro atoms. The van der Waals surface area contributed by atoms with Crippen molar-refractivity contribution in [2.75, 3.05) is 7.05 Å². The van der Waals surface area contributed by atoms with Crippen molar-refractivity contribution < 1.29 is 4.79 Å². The number of nitrogens with zero attached hydrogens (tertiary/aromatic N) is 1. The first-order valence-electron chi connectivity index (χ1n) is 7.30. The third-order valence-corrected chi connectivity index (χ3v) is 4.69. The van der Waals surface area contributed by atoms with Gasteiger partial charge in [0.05, 0.1) is 5.54 Å². The molecule has 1 aliphatic carbocycles. The van der Waals surface area contributed by atoms with Crippen LogP contribution in [0.25, 0.3) is 0 Å². The molecule has 0 radical (unpaired) electrons. The molecule has 102 valence electrons. The van der Waals surface area contributed by atoms with E-state index >= 15 is 0 Å². The van der Waals surface area contributed by atoms with E-state index in [0.717, 1.165) is 32.1 Å². The van der Waals surface area contributed by atoms with E-state index in [9.17, 15) is 4.79 Å². The Hall–Kier alpha value is -1.35. The van der Waals surface area contributed by atoms with Gasteiger partial charge in [-0.15, -0.1) is 0 Å². The standard InChI is InChI=1S/C16H22N2O/c1-3-12-6-8-13(9-7-12)14-17-16(10-4-5-11-16)15(19)18(14)2/h6-9,14,17H,3-5,10-11H2,1-2H3. The monoisotopic (exact) mass is 258 g/mol. The lowest BCUT2D eigenvalue weighted by Gasteiger charge is -2.21. The average Bonchev–Trinajstić information content (AvgIpc) is 3.01. The van der Waals surface area contributed by atoms with Gasteiger partial charge >= 0.3 is 0 Å². The molecule has 1 saturated heterocycles. The van der Waals surface area contributed by atoms with Crippen LogP contribution in [-0.4, -0.2) is 23.4 Å². The van der Waals surface area contributed by atoms with Crippen LogP contribution < -0.4 is 5.32 Å². The Morgan fingerprint density at radius 3 is 2.47 bits per heavy atom. The molecule has 2 fully saturated rings. The second kappa shape index (κ2) is 4.64. The molecule has 1 aromatic rings. The molecule has 1 N–H and O–H groups in total. The summed E-state index contributed by atoms with van der Waals surface area (Å²) in [6.45, 7) is 2.16. The Bertz CT molecular complexity index is 474. The first-order valence-corrected chi connectivity index (χ1v) is 7.30. The molecule has 3 heteroatoms. The molecule has 1 unspecified atom stereocenters. The predicted octanol–water partition coefficient (Wildman–Crippen LogP) is 2.62. The zero-order valence-corrected chi connectivity index (χ0v) is 11.8. The number of carbonyl (C=O) groups is 1. The minimum atomic E-state index is -0.275. The van der Waals surface area contributed by atoms with Crippen LogP contribution in [-0.2, 0) is 11.2 Å². The van der Waals surface area contributed by atoms with E-state index in [4.69, 9.17) is 0 Å². The van der Waals surface area contributed by atoms with Gasteiger partial charge in [0.2, 0.25) is 5.91 Å². The summed E-state index contributed by atoms with van der Waals surface area (Å²) in [6, 6.07) is 8.62. The molecule has 1 atom stereocenters. The fraction of sp³-hybridized carbons (Fsp3) is 0.562. The van der Waals surface area contributed by atoms with Gasteiger partial charge in [-0.2, -0.15) is 0 Å². The van der Waals surface area contributed by atoms with E-state index in [0.29, 0.717) is 0 Å². The Balaban J connectivity index is 1.87. The molecule has 19 heavy (non-hydrogen) atoms. The fourth-order valence-corrected chi connectivity index (χ4v) is 3.45. The summed E-state index contributed by atoms with van der Waals surface area (Å²) in [7, 11) is 1.92. The van der Waals surface area contributed by atoms with Crippen molar-refractivity contribution in [3.05, 3.63) is 35.4 Å². The molecule has 2 aliphatic rings. The zero-order valence-electron chi connectivity index (χ0n) is 11.8. The van der Waals surface area contributed by atoms with Gasteiger partial charge in [-0.1, -0.05) is 44.0 Å². The maximum atomic E-state index is 12.5. The van der Waals surface area contributed by atoms with Crippen molar-refractivity contribution in [2.45, 2.75) is 50.7 Å². The van der Waals surface area contributed by atoms with Crippen LogP contribution in [0.2, 0.25) is 0 Å². The Morgan fingerprint density at radius 1 is 1.26 bits per heavy atom. The fourth-order valence-electron chi connectivity index (χ4n) is 3.45. The predicted molar refractivity (Wildman–Crippen MR) is 75.7 cm³/mol. The quantitative estimate of drug-likeness (QED) is 0.884. The molecule has 0 aromatic heterocycles. The molecule has 1 amide bonds. The van der Waals surface area contributed by atoms with Gasteiger partial charge < -0.3 is 4.90 Å². The maximum absolute atomic E-state index is 12.5. The largest absolute Gasteiger partial charge is 0.324 e. The summed E-state index contributed by atoms with van der Waals surface area (Å²) >= 11 is 0. The van der Waals surface area contributed by atoms with E-state index < -0.39 is 0 Å². The van der Waals surface area contributed by atoms with Crippen molar-refractivity contribution in [3.8, 4) is 0 Å². The lowest BCUT2D eigenvalue weighted by Crippen LogP contribution is -2.43. The molecule has 3 nitrogen and oxygen atoms in total. The summed E-state index contributed by atoms with van der Waals surface area (Å²) in [5.74, 6) is 0.273. The van der Waals surface area contributed by atoms with Gasteiger partial charge in [0, 0.05) is 7.05 Å². The van der Waals surface area contributed by atoms with Crippen LogP contribution >= 0.6 is 0 Å². The second-order valence-electron chi connectivity index (χ2n) is 5.85. The number of carbonyl (C=O) groups excluding carboxylic acids is 1. The van der Waals surface area contributed by atoms with Gasteiger partial charge in [-0.25, -0.2) is 0 Å². The number of likely N-dealkylation sites (N-methyl/N-ethyl adjacent to an activating group) is 1. The third-order valence-electron chi connectivity index (χ3n) is 4.69. The summed E-state index contributed by atoms with van der Waals surface area (Å²) in [4.78, 5) is 14.4. The van der Waals surface area contributed by atoms with Gasteiger partial charge in [0.15, 0.2) is 0 Å². The smallest absolute Gasteiger partial charge is 0.244 e. The van der Waals surface area contributed by atoms with Crippen LogP contribution in [0.15, 0.2) is 24.3 Å². The summed E-state index contributed by atoms with van der Waals surface area (Å²) < 4.78 is 0. The van der Waals surface area contributed by atoms with Crippen LogP contribution in [0.3, 0.4) is 0 Å². The Labute approximate surface area is 115 Å². The van der Waals surface area contributed by atoms with E-state index in [2.05, 4.69) is 36.5 Å². The normalized spacial score (nSPS) is 25.5. The zero-order chi connectivity index (χ0) is 13.5. The molecule has 3 rings (SSSR count). The number of hydrogen-bond acceptors (Lipinski definition) is 2. The molecule has 1 aromatic carbocycles. The highest BCUT2D eigenvalue weighted by atomic mass is 16.2. The molecule has 0 bridgehead atoms. The number of amides is 1. The summed E-state index contributed by atoms with van der Waals surface area (Å²) in [6.07, 6.45) is 5.38. The molecule has 1 aliphatic heterocycles. The van der Waals surface area contributed by atoms with Crippen LogP contribution in [0, 0.1) is 0 Å². The van der Waals surface area contributed by atoms with Crippen molar-refractivity contribution in [3.63, 3.8) is 0 Å². The van der Waals surface area contributed by atoms with Gasteiger partial charge in [0.25, 0.3) is 0 Å². The third kappa shape index (κ3) is 1.96. The first-order chi connectivity index (χ1) is 9.16. The molecular weight excluding hydrogens is 236 g/mol. The lowest BCUT2D eigenvalue weighted by atomic mass is 9.98. The molecular formula is C16H22N2O. The highest BCUT2D eigenvalue weighted by molar-refractivity contribution is 5.89. The molecule has 1 heterocycles. The number of nitrogens with one attached hydrogen (secondary N) is 1.